The van der Waals surface area contributed by atoms with Crippen LogP contribution in [0.3, 0.4) is 0 Å². The Hall–Kier alpha value is -4.64. The van der Waals surface area contributed by atoms with Crippen LogP contribution >= 0.6 is 15.6 Å². The summed E-state index contributed by atoms with van der Waals surface area (Å²) in [5.74, 6) is -1.60. The Kier molecular flexibility index (Phi) is 72.6. The SMILES string of the molecule is CCCCC/C=C\C/C=C\C/C=C\C/C=C\CCCC(=O)OC[C@H](COP(=O)(O)OC[C@H](O)COP(=O)(O)OC[C@@H](COC(=O)CCC/C=C\C/C=C\C/C=C\C/C=C\CCCCC)OC(=O)CCCCCCC/C=C\C/C=C\CCCCC)OCCCCCCC/C=C\CCCCCCC=O. The zero-order valence-corrected chi connectivity index (χ0v) is 65.3. The molecule has 0 aliphatic carbocycles. The molecule has 19 heteroatoms. The molecule has 0 aromatic heterocycles. The molecule has 0 spiro atoms. The minimum Gasteiger partial charge on any atom is -0.463 e. The molecular formula is C83H140O17P2. The van der Waals surface area contributed by atoms with E-state index in [1.807, 2.05) is 18.2 Å². The van der Waals surface area contributed by atoms with Crippen LogP contribution in [0.25, 0.3) is 0 Å². The van der Waals surface area contributed by atoms with Crippen LogP contribution in [-0.2, 0) is 65.4 Å². The second kappa shape index (κ2) is 76.0. The number of phosphoric acid groups is 2. The van der Waals surface area contributed by atoms with Gasteiger partial charge in [0.25, 0.3) is 0 Å². The smallest absolute Gasteiger partial charge is 0.463 e. The minimum absolute atomic E-state index is 0.0739. The van der Waals surface area contributed by atoms with E-state index in [4.69, 9.17) is 37.0 Å². The van der Waals surface area contributed by atoms with Crippen molar-refractivity contribution >= 4 is 39.8 Å². The monoisotopic (exact) mass is 1470 g/mol. The molecule has 5 atom stereocenters. The number of hydrogen-bond donors (Lipinski definition) is 3. The van der Waals surface area contributed by atoms with Gasteiger partial charge in [0.1, 0.15) is 31.7 Å². The van der Waals surface area contributed by atoms with Gasteiger partial charge in [0, 0.05) is 32.3 Å². The maximum absolute atomic E-state index is 13.1. The normalized spacial score (nSPS) is 14.6. The molecule has 0 bridgehead atoms. The van der Waals surface area contributed by atoms with Crippen molar-refractivity contribution in [3.05, 3.63) is 134 Å². The predicted octanol–water partition coefficient (Wildman–Crippen LogP) is 22.5. The fourth-order valence-electron chi connectivity index (χ4n) is 10.0. The standard InChI is InChI=1S/C83H140O17P2/c1-4-7-10-13-16-19-22-25-28-30-33-37-42-47-52-57-62-67-81(86)94-74-79(93-71-66-61-56-51-46-41-36-35-40-45-50-55-60-65-70-84)76-98-101(89,90)96-72-78(85)73-97-102(91,92)99-77-80(100-83(88)69-64-59-54-49-44-39-32-27-24-21-18-15-12-9-6-3)75-95-82(87)68-63-58-53-48-43-38-34-31-29-26-23-20-17-14-11-8-5-2/h16-21,25-29,32-38,47-48,52-53,70,78-80,85H,4-15,22-24,30-31,39-46,49-51,54-69,71-77H2,1-3H3,(H,89,90)(H,91,92)/b19-16-,20-17-,21-18-,28-25-,29-26-,32-27-,36-35-,37-33-,38-34-,52-47-,53-48-/t78-,79+,80+/m0/s1. The average Bonchev–Trinajstić information content (AvgIpc) is 0.949. The zero-order chi connectivity index (χ0) is 74.4. The number of rotatable bonds is 75. The molecule has 17 nitrogen and oxygen atoms in total. The first kappa shape index (κ1) is 97.4. The van der Waals surface area contributed by atoms with Crippen LogP contribution in [-0.4, -0.2) is 104 Å². The average molecular weight is 1470 g/mol. The van der Waals surface area contributed by atoms with Gasteiger partial charge in [0.05, 0.1) is 26.4 Å². The Labute approximate surface area is 618 Å². The second-order valence-corrected chi connectivity index (χ2v) is 28.8. The predicted molar refractivity (Wildman–Crippen MR) is 418 cm³/mol. The van der Waals surface area contributed by atoms with E-state index in [1.165, 1.54) is 57.8 Å². The highest BCUT2D eigenvalue weighted by atomic mass is 31.2. The van der Waals surface area contributed by atoms with E-state index >= 15 is 0 Å². The zero-order valence-electron chi connectivity index (χ0n) is 63.5. The van der Waals surface area contributed by atoms with E-state index in [2.05, 4.69) is 136 Å². The fraction of sp³-hybridized carbons (Fsp3) is 0.687. The quantitative estimate of drug-likeness (QED) is 0.0128. The summed E-state index contributed by atoms with van der Waals surface area (Å²) in [5.41, 5.74) is 0. The van der Waals surface area contributed by atoms with Gasteiger partial charge in [0.15, 0.2) is 6.10 Å². The number of aldehydes is 1. The highest BCUT2D eigenvalue weighted by Crippen LogP contribution is 2.45. The van der Waals surface area contributed by atoms with Crippen molar-refractivity contribution in [2.24, 2.45) is 0 Å². The van der Waals surface area contributed by atoms with Gasteiger partial charge in [-0.15, -0.1) is 0 Å². The maximum atomic E-state index is 13.1. The van der Waals surface area contributed by atoms with Crippen LogP contribution in [0.5, 0.6) is 0 Å². The van der Waals surface area contributed by atoms with Crippen molar-refractivity contribution in [2.45, 2.75) is 322 Å². The maximum Gasteiger partial charge on any atom is 0.472 e. The molecule has 0 heterocycles. The van der Waals surface area contributed by atoms with Crippen LogP contribution in [0.2, 0.25) is 0 Å². The lowest BCUT2D eigenvalue weighted by atomic mass is 10.1. The van der Waals surface area contributed by atoms with Crippen molar-refractivity contribution in [1.29, 1.82) is 0 Å². The number of unbranched alkanes of at least 4 members (excludes halogenated alkanes) is 26. The van der Waals surface area contributed by atoms with E-state index in [1.54, 1.807) is 0 Å². The third-order valence-electron chi connectivity index (χ3n) is 16.1. The minimum atomic E-state index is -4.97. The number of aliphatic hydroxyl groups excluding tert-OH is 1. The number of hydrogen-bond acceptors (Lipinski definition) is 15. The van der Waals surface area contributed by atoms with Gasteiger partial charge < -0.3 is 38.6 Å². The summed E-state index contributed by atoms with van der Waals surface area (Å²) < 4.78 is 69.1. The Morgan fingerprint density at radius 3 is 0.961 bits per heavy atom. The number of aliphatic hydroxyl groups is 1. The van der Waals surface area contributed by atoms with Gasteiger partial charge in [-0.1, -0.05) is 244 Å². The molecule has 2 unspecified atom stereocenters. The first-order valence-corrected chi connectivity index (χ1v) is 42.4. The largest absolute Gasteiger partial charge is 0.472 e. The summed E-state index contributed by atoms with van der Waals surface area (Å²) in [4.78, 5) is 70.4. The van der Waals surface area contributed by atoms with Crippen LogP contribution in [0.1, 0.15) is 303 Å². The third kappa shape index (κ3) is 75.1. The molecule has 3 N–H and O–H groups in total. The Morgan fingerprint density at radius 1 is 0.314 bits per heavy atom. The van der Waals surface area contributed by atoms with Gasteiger partial charge in [-0.3, -0.25) is 32.5 Å². The molecule has 0 fully saturated rings. The van der Waals surface area contributed by atoms with Crippen molar-refractivity contribution in [1.82, 2.24) is 0 Å². The van der Waals surface area contributed by atoms with Crippen LogP contribution < -0.4 is 0 Å². The molecule has 0 aliphatic heterocycles. The number of ether oxygens (including phenoxy) is 4. The highest BCUT2D eigenvalue weighted by molar-refractivity contribution is 7.47. The molecule has 0 aromatic rings. The summed E-state index contributed by atoms with van der Waals surface area (Å²) in [5, 5.41) is 10.6. The van der Waals surface area contributed by atoms with Crippen molar-refractivity contribution in [3.63, 3.8) is 0 Å². The number of esters is 3. The molecule has 0 rings (SSSR count). The van der Waals surface area contributed by atoms with E-state index in [0.29, 0.717) is 44.9 Å². The molecule has 0 amide bonds. The number of phosphoric ester groups is 2. The fourth-order valence-corrected chi connectivity index (χ4v) is 11.6. The molecule has 584 valence electrons. The van der Waals surface area contributed by atoms with Crippen LogP contribution in [0, 0.1) is 0 Å². The molecule has 0 saturated carbocycles. The molecular weight excluding hydrogens is 1330 g/mol. The topological polar surface area (TPSA) is 237 Å². The van der Waals surface area contributed by atoms with E-state index in [9.17, 15) is 43.2 Å². The summed E-state index contributed by atoms with van der Waals surface area (Å²) >= 11 is 0. The van der Waals surface area contributed by atoms with Gasteiger partial charge in [-0.2, -0.15) is 0 Å². The van der Waals surface area contributed by atoms with Gasteiger partial charge in [0.2, 0.25) is 0 Å². The van der Waals surface area contributed by atoms with E-state index in [0.717, 1.165) is 167 Å². The van der Waals surface area contributed by atoms with Crippen molar-refractivity contribution < 1.29 is 80.2 Å². The van der Waals surface area contributed by atoms with Gasteiger partial charge in [-0.05, 0) is 167 Å². The van der Waals surface area contributed by atoms with E-state index in [-0.39, 0.29) is 32.5 Å². The first-order chi connectivity index (χ1) is 49.8. The summed E-state index contributed by atoms with van der Waals surface area (Å²) in [6.07, 6.45) is 85.1. The first-order valence-electron chi connectivity index (χ1n) is 39.4. The lowest BCUT2D eigenvalue weighted by Gasteiger charge is -2.21. The Bertz CT molecular complexity index is 2420. The van der Waals surface area contributed by atoms with Crippen molar-refractivity contribution in [2.75, 3.05) is 46.2 Å². The second-order valence-electron chi connectivity index (χ2n) is 25.9. The molecule has 102 heavy (non-hydrogen) atoms. The third-order valence-corrected chi connectivity index (χ3v) is 18.0. The van der Waals surface area contributed by atoms with Gasteiger partial charge >= 0.3 is 33.6 Å². The number of carbonyl (C=O) groups excluding carboxylic acids is 4. The highest BCUT2D eigenvalue weighted by Gasteiger charge is 2.30. The van der Waals surface area contributed by atoms with E-state index < -0.39 is 84.9 Å². The molecule has 0 radical (unpaired) electrons. The number of allylic oxidation sites excluding steroid dienone is 22. The van der Waals surface area contributed by atoms with Crippen LogP contribution in [0.4, 0.5) is 0 Å². The molecule has 0 aromatic carbocycles. The van der Waals surface area contributed by atoms with Crippen LogP contribution in [0.15, 0.2) is 134 Å². The summed E-state index contributed by atoms with van der Waals surface area (Å²) in [6, 6.07) is 0. The summed E-state index contributed by atoms with van der Waals surface area (Å²) in [7, 11) is -9.85. The Morgan fingerprint density at radius 2 is 0.588 bits per heavy atom. The van der Waals surface area contributed by atoms with Crippen molar-refractivity contribution in [3.8, 4) is 0 Å². The lowest BCUT2D eigenvalue weighted by Crippen LogP contribution is -2.30. The molecule has 0 saturated heterocycles. The van der Waals surface area contributed by atoms with Gasteiger partial charge in [-0.25, -0.2) is 9.13 Å². The molecule has 0 aliphatic rings. The number of carbonyl (C=O) groups is 4. The summed E-state index contributed by atoms with van der Waals surface area (Å²) in [6.45, 7) is 3.27. The lowest BCUT2D eigenvalue weighted by molar-refractivity contribution is -0.161. The Balaban J connectivity index is 5.40.